The quantitative estimate of drug-likeness (QED) is 0.798. The van der Waals surface area contributed by atoms with Gasteiger partial charge in [-0.25, -0.2) is 9.40 Å². The van der Waals surface area contributed by atoms with E-state index in [1.54, 1.807) is 18.2 Å². The third kappa shape index (κ3) is 2.27. The highest BCUT2D eigenvalue weighted by Crippen LogP contribution is 2.55. The van der Waals surface area contributed by atoms with E-state index in [1.807, 2.05) is 0 Å². The molecule has 1 aromatic rings. The van der Waals surface area contributed by atoms with Crippen LogP contribution in [0.15, 0.2) is 6.07 Å². The minimum atomic E-state index is -0.217. The molecule has 1 saturated heterocycles. The van der Waals surface area contributed by atoms with Crippen LogP contribution in [0.5, 0.6) is 5.75 Å². The number of methoxy groups -OCH3 is 1. The first-order valence-electron chi connectivity index (χ1n) is 9.57. The second kappa shape index (κ2) is 5.47. The Morgan fingerprint density at radius 2 is 2.08 bits per heavy atom. The zero-order valence-corrected chi connectivity index (χ0v) is 15.5. The van der Waals surface area contributed by atoms with Gasteiger partial charge in [0, 0.05) is 31.7 Å². The van der Waals surface area contributed by atoms with Crippen molar-refractivity contribution >= 4 is 11.4 Å². The number of hydrazine groups is 1. The van der Waals surface area contributed by atoms with Gasteiger partial charge in [-0.3, -0.25) is 5.84 Å². The predicted molar refractivity (Wildman–Crippen MR) is 99.5 cm³/mol. The maximum Gasteiger partial charge on any atom is 0.168 e. The van der Waals surface area contributed by atoms with Crippen molar-refractivity contribution in [3.05, 3.63) is 17.4 Å². The van der Waals surface area contributed by atoms with E-state index >= 15 is 4.39 Å². The van der Waals surface area contributed by atoms with Crippen molar-refractivity contribution in [1.82, 2.24) is 5.01 Å². The molecule has 6 nitrogen and oxygen atoms in total. The van der Waals surface area contributed by atoms with Crippen molar-refractivity contribution in [3.8, 4) is 5.75 Å². The summed E-state index contributed by atoms with van der Waals surface area (Å²) in [7, 11) is 1.65. The molecule has 0 radical (unpaired) electrons. The van der Waals surface area contributed by atoms with Gasteiger partial charge in [0.15, 0.2) is 11.6 Å². The summed E-state index contributed by atoms with van der Waals surface area (Å²) in [6.07, 6.45) is 3.32. The predicted octanol–water partition coefficient (Wildman–Crippen LogP) is 1.62. The fourth-order valence-corrected chi connectivity index (χ4v) is 5.43. The van der Waals surface area contributed by atoms with Crippen LogP contribution in [0.1, 0.15) is 31.7 Å². The van der Waals surface area contributed by atoms with E-state index in [0.29, 0.717) is 36.6 Å². The molecule has 0 amide bonds. The molecule has 3 unspecified atom stereocenters. The summed E-state index contributed by atoms with van der Waals surface area (Å²) in [5.41, 5.74) is 8.95. The molecular formula is C19H28FN5O. The number of ether oxygens (including phenoxy) is 1. The van der Waals surface area contributed by atoms with E-state index in [2.05, 4.69) is 16.7 Å². The smallest absolute Gasteiger partial charge is 0.168 e. The van der Waals surface area contributed by atoms with Crippen LogP contribution in [0, 0.1) is 17.2 Å². The van der Waals surface area contributed by atoms with Crippen LogP contribution in [0.3, 0.4) is 0 Å². The summed E-state index contributed by atoms with van der Waals surface area (Å²) in [4.78, 5) is 4.45. The van der Waals surface area contributed by atoms with E-state index < -0.39 is 0 Å². The number of rotatable bonds is 3. The van der Waals surface area contributed by atoms with Gasteiger partial charge < -0.3 is 20.3 Å². The molecule has 0 spiro atoms. The fraction of sp³-hybridized carbons (Fsp3) is 0.684. The number of hydrogen-bond acceptors (Lipinski definition) is 6. The van der Waals surface area contributed by atoms with Gasteiger partial charge in [0.05, 0.1) is 19.5 Å². The topological polar surface area (TPSA) is 71.0 Å². The molecule has 4 N–H and O–H groups in total. The summed E-state index contributed by atoms with van der Waals surface area (Å²) in [5, 5.41) is 1.75. The maximum atomic E-state index is 15.2. The monoisotopic (exact) mass is 361 g/mol. The lowest BCUT2D eigenvalue weighted by atomic mass is 9.60. The highest BCUT2D eigenvalue weighted by Gasteiger charge is 2.55. The summed E-state index contributed by atoms with van der Waals surface area (Å²) in [6.45, 7) is 5.11. The largest absolute Gasteiger partial charge is 0.492 e. The second-order valence-corrected chi connectivity index (χ2v) is 8.85. The van der Waals surface area contributed by atoms with Gasteiger partial charge in [0.1, 0.15) is 5.69 Å². The number of fused-ring (bicyclic) bond motifs is 2. The molecule has 1 aromatic carbocycles. The lowest BCUT2D eigenvalue weighted by Gasteiger charge is -2.46. The first-order valence-corrected chi connectivity index (χ1v) is 9.57. The molecule has 26 heavy (non-hydrogen) atoms. The Bertz CT molecular complexity index is 754. The normalized spacial score (nSPS) is 33.7. The Morgan fingerprint density at radius 1 is 1.31 bits per heavy atom. The van der Waals surface area contributed by atoms with E-state index in [4.69, 9.17) is 16.3 Å². The molecule has 3 fully saturated rings. The summed E-state index contributed by atoms with van der Waals surface area (Å²) < 4.78 is 21.0. The van der Waals surface area contributed by atoms with Crippen LogP contribution in [0.25, 0.3) is 0 Å². The Kier molecular flexibility index (Phi) is 3.49. The number of nitrogens with two attached hydrogens (primary N) is 2. The van der Waals surface area contributed by atoms with Crippen molar-refractivity contribution in [3.63, 3.8) is 0 Å². The standard InChI is InChI=1S/C19H28FN5O/c1-19-6-15(21)13(19)8-23(9-19)17-14(20)5-11-7-24(22)10-25(12-3-4-12)16(11)18(17)26-2/h5,12-13,15H,3-4,6-10,21-22H2,1-2H3. The van der Waals surface area contributed by atoms with Crippen LogP contribution in [0.2, 0.25) is 0 Å². The van der Waals surface area contributed by atoms with Crippen molar-refractivity contribution < 1.29 is 9.13 Å². The zero-order valence-electron chi connectivity index (χ0n) is 15.5. The number of halogens is 1. The van der Waals surface area contributed by atoms with Crippen LogP contribution in [0.4, 0.5) is 15.8 Å². The van der Waals surface area contributed by atoms with Gasteiger partial charge in [0.25, 0.3) is 0 Å². The van der Waals surface area contributed by atoms with Crippen LogP contribution in [-0.2, 0) is 6.54 Å². The average Bonchev–Trinajstić information content (AvgIpc) is 3.37. The summed E-state index contributed by atoms with van der Waals surface area (Å²) in [5.74, 6) is 6.97. The second-order valence-electron chi connectivity index (χ2n) is 8.85. The van der Waals surface area contributed by atoms with Gasteiger partial charge in [-0.15, -0.1) is 0 Å². The molecule has 2 saturated carbocycles. The zero-order chi connectivity index (χ0) is 18.2. The molecule has 2 heterocycles. The molecule has 2 aliphatic carbocycles. The Hall–Kier alpha value is -1.57. The summed E-state index contributed by atoms with van der Waals surface area (Å²) in [6, 6.07) is 2.36. The van der Waals surface area contributed by atoms with E-state index in [1.165, 1.54) is 0 Å². The third-order valence-corrected chi connectivity index (χ3v) is 6.85. The highest BCUT2D eigenvalue weighted by molar-refractivity contribution is 5.78. The number of anilines is 2. The van der Waals surface area contributed by atoms with Crippen LogP contribution < -0.4 is 26.1 Å². The van der Waals surface area contributed by atoms with Crippen LogP contribution >= 0.6 is 0 Å². The maximum absolute atomic E-state index is 15.2. The SMILES string of the molecule is COc1c(N2CC3C(N)CC3(C)C2)c(F)cc2c1N(C1CC1)CN(N)C2. The first kappa shape index (κ1) is 16.6. The Labute approximate surface area is 153 Å². The molecule has 2 aliphatic heterocycles. The minimum Gasteiger partial charge on any atom is -0.492 e. The molecular weight excluding hydrogens is 333 g/mol. The van der Waals surface area contributed by atoms with Gasteiger partial charge in [-0.05, 0) is 42.2 Å². The molecule has 4 aliphatic rings. The molecule has 142 valence electrons. The fourth-order valence-electron chi connectivity index (χ4n) is 5.43. The lowest BCUT2D eigenvalue weighted by molar-refractivity contribution is 0.0771. The Morgan fingerprint density at radius 3 is 2.69 bits per heavy atom. The molecule has 5 rings (SSSR count). The lowest BCUT2D eigenvalue weighted by Crippen LogP contribution is -2.53. The molecule has 7 heteroatoms. The molecule has 0 bridgehead atoms. The average molecular weight is 361 g/mol. The van der Waals surface area contributed by atoms with E-state index in [0.717, 1.165) is 43.6 Å². The van der Waals surface area contributed by atoms with Gasteiger partial charge >= 0.3 is 0 Å². The van der Waals surface area contributed by atoms with Crippen LogP contribution in [-0.4, -0.2) is 44.0 Å². The molecule has 3 atom stereocenters. The van der Waals surface area contributed by atoms with Crippen molar-refractivity contribution in [2.75, 3.05) is 36.7 Å². The Balaban J connectivity index is 1.59. The first-order chi connectivity index (χ1) is 12.4. The van der Waals surface area contributed by atoms with E-state index in [9.17, 15) is 0 Å². The number of hydrogen-bond donors (Lipinski definition) is 2. The van der Waals surface area contributed by atoms with Gasteiger partial charge in [-0.1, -0.05) is 6.92 Å². The third-order valence-electron chi connectivity index (χ3n) is 6.85. The minimum absolute atomic E-state index is 0.191. The van der Waals surface area contributed by atoms with Crippen molar-refractivity contribution in [2.24, 2.45) is 22.9 Å². The summed E-state index contributed by atoms with van der Waals surface area (Å²) >= 11 is 0. The van der Waals surface area contributed by atoms with E-state index in [-0.39, 0.29) is 17.3 Å². The van der Waals surface area contributed by atoms with Crippen molar-refractivity contribution in [1.29, 1.82) is 0 Å². The number of benzene rings is 1. The van der Waals surface area contributed by atoms with Crippen molar-refractivity contribution in [2.45, 2.75) is 44.8 Å². The number of nitrogens with zero attached hydrogens (tertiary/aromatic N) is 3. The molecule has 0 aromatic heterocycles. The van der Waals surface area contributed by atoms with Gasteiger partial charge in [0.2, 0.25) is 0 Å². The van der Waals surface area contributed by atoms with Gasteiger partial charge in [-0.2, -0.15) is 0 Å². The highest BCUT2D eigenvalue weighted by atomic mass is 19.1.